The monoisotopic (exact) mass is 314 g/mol. The van der Waals surface area contributed by atoms with Crippen molar-refractivity contribution in [1.29, 1.82) is 0 Å². The largest absolute Gasteiger partial charge is 0.390 e. The second-order valence-corrected chi connectivity index (χ2v) is 5.60. The van der Waals surface area contributed by atoms with Crippen molar-refractivity contribution in [1.82, 2.24) is 5.32 Å². The van der Waals surface area contributed by atoms with Gasteiger partial charge in [-0.2, -0.15) is 0 Å². The normalized spacial score (nSPS) is 10.5. The molecule has 0 saturated heterocycles. The van der Waals surface area contributed by atoms with Crippen LogP contribution in [0.2, 0.25) is 10.0 Å². The van der Waals surface area contributed by atoms with Crippen molar-refractivity contribution in [3.8, 4) is 11.1 Å². The number of rotatable bonds is 3. The summed E-state index contributed by atoms with van der Waals surface area (Å²) >= 11 is 13.2. The molecule has 100 valence electrons. The molecule has 0 aliphatic heterocycles. The summed E-state index contributed by atoms with van der Waals surface area (Å²) in [5, 5.41) is 6.02. The maximum absolute atomic E-state index is 12.0. The predicted molar refractivity (Wildman–Crippen MR) is 82.2 cm³/mol. The van der Waals surface area contributed by atoms with Crippen LogP contribution in [0.3, 0.4) is 0 Å². The molecule has 0 aliphatic rings. The number of nitrogens with two attached hydrogens (primary N) is 1. The molecule has 0 atom stereocenters. The van der Waals surface area contributed by atoms with Gasteiger partial charge in [-0.25, -0.2) is 0 Å². The van der Waals surface area contributed by atoms with Gasteiger partial charge in [0.15, 0.2) is 0 Å². The van der Waals surface area contributed by atoms with Crippen molar-refractivity contribution in [3.63, 3.8) is 0 Å². The molecule has 1 heterocycles. The van der Waals surface area contributed by atoms with E-state index in [-0.39, 0.29) is 5.91 Å². The van der Waals surface area contributed by atoms with E-state index in [0.717, 1.165) is 11.1 Å². The van der Waals surface area contributed by atoms with Crippen molar-refractivity contribution in [2.24, 2.45) is 0 Å². The number of nitrogens with one attached hydrogen (secondary N) is 1. The minimum absolute atomic E-state index is 0.178. The standard InChI is InChI=1S/C13H12Cl2N2OS/c1-2-17-13(18)11-8(6-19-12(11)16)7-3-4-9(14)10(15)5-7/h3-6H,2,16H2,1H3,(H,17,18). The van der Waals surface area contributed by atoms with Crippen LogP contribution in [-0.2, 0) is 0 Å². The van der Waals surface area contributed by atoms with Crippen molar-refractivity contribution in [2.75, 3.05) is 12.3 Å². The van der Waals surface area contributed by atoms with Crippen molar-refractivity contribution in [2.45, 2.75) is 6.92 Å². The van der Waals surface area contributed by atoms with E-state index in [2.05, 4.69) is 5.32 Å². The number of hydrogen-bond acceptors (Lipinski definition) is 3. The number of carbonyl (C=O) groups excluding carboxylic acids is 1. The van der Waals surface area contributed by atoms with Gasteiger partial charge in [0.2, 0.25) is 0 Å². The summed E-state index contributed by atoms with van der Waals surface area (Å²) in [5.74, 6) is -0.178. The first-order chi connectivity index (χ1) is 9.04. The third-order valence-electron chi connectivity index (χ3n) is 2.61. The number of thiophene rings is 1. The second-order valence-electron chi connectivity index (χ2n) is 3.88. The van der Waals surface area contributed by atoms with Crippen LogP contribution in [0.25, 0.3) is 11.1 Å². The minimum atomic E-state index is -0.178. The van der Waals surface area contributed by atoms with Gasteiger partial charge < -0.3 is 11.1 Å². The van der Waals surface area contributed by atoms with E-state index in [1.54, 1.807) is 12.1 Å². The Bertz CT molecular complexity index is 625. The van der Waals surface area contributed by atoms with E-state index >= 15 is 0 Å². The fraction of sp³-hybridized carbons (Fsp3) is 0.154. The highest BCUT2D eigenvalue weighted by atomic mass is 35.5. The molecule has 0 fully saturated rings. The van der Waals surface area contributed by atoms with Gasteiger partial charge in [0, 0.05) is 17.5 Å². The first kappa shape index (κ1) is 14.2. The average Bonchev–Trinajstić information content (AvgIpc) is 2.75. The van der Waals surface area contributed by atoms with E-state index in [4.69, 9.17) is 28.9 Å². The van der Waals surface area contributed by atoms with Crippen LogP contribution >= 0.6 is 34.5 Å². The van der Waals surface area contributed by atoms with Gasteiger partial charge in [0.25, 0.3) is 5.91 Å². The minimum Gasteiger partial charge on any atom is -0.390 e. The molecule has 19 heavy (non-hydrogen) atoms. The van der Waals surface area contributed by atoms with Crippen LogP contribution in [-0.4, -0.2) is 12.5 Å². The molecular formula is C13H12Cl2N2OS. The van der Waals surface area contributed by atoms with Gasteiger partial charge in [0.1, 0.15) is 0 Å². The molecule has 1 aromatic heterocycles. The van der Waals surface area contributed by atoms with Crippen LogP contribution in [0.5, 0.6) is 0 Å². The van der Waals surface area contributed by atoms with E-state index in [0.29, 0.717) is 27.2 Å². The molecular weight excluding hydrogens is 303 g/mol. The Morgan fingerprint density at radius 3 is 2.74 bits per heavy atom. The first-order valence-corrected chi connectivity index (χ1v) is 7.28. The molecule has 0 spiro atoms. The van der Waals surface area contributed by atoms with Crippen LogP contribution < -0.4 is 11.1 Å². The summed E-state index contributed by atoms with van der Waals surface area (Å²) < 4.78 is 0. The predicted octanol–water partition coefficient (Wildman–Crippen LogP) is 4.05. The molecule has 0 bridgehead atoms. The molecule has 2 aromatic rings. The number of nitrogen functional groups attached to an aromatic ring is 1. The number of amides is 1. The summed E-state index contributed by atoms with van der Waals surface area (Å²) in [6, 6.07) is 5.25. The number of carbonyl (C=O) groups is 1. The average molecular weight is 315 g/mol. The zero-order valence-corrected chi connectivity index (χ0v) is 12.5. The number of benzene rings is 1. The lowest BCUT2D eigenvalue weighted by Gasteiger charge is -2.07. The number of hydrogen-bond donors (Lipinski definition) is 2. The molecule has 0 saturated carbocycles. The lowest BCUT2D eigenvalue weighted by Crippen LogP contribution is -2.23. The third kappa shape index (κ3) is 2.86. The Kier molecular flexibility index (Phi) is 4.34. The van der Waals surface area contributed by atoms with Crippen molar-refractivity contribution >= 4 is 45.4 Å². The molecule has 0 aliphatic carbocycles. The molecule has 1 aromatic carbocycles. The van der Waals surface area contributed by atoms with E-state index in [9.17, 15) is 4.79 Å². The number of halogens is 2. The van der Waals surface area contributed by atoms with Crippen molar-refractivity contribution in [3.05, 3.63) is 39.2 Å². The maximum Gasteiger partial charge on any atom is 0.254 e. The number of anilines is 1. The topological polar surface area (TPSA) is 55.1 Å². The lowest BCUT2D eigenvalue weighted by atomic mass is 10.0. The smallest absolute Gasteiger partial charge is 0.254 e. The molecule has 0 unspecified atom stereocenters. The molecule has 0 radical (unpaired) electrons. The van der Waals surface area contributed by atoms with Gasteiger partial charge >= 0.3 is 0 Å². The highest BCUT2D eigenvalue weighted by Crippen LogP contribution is 2.36. The Labute approximate surface area is 125 Å². The highest BCUT2D eigenvalue weighted by molar-refractivity contribution is 7.15. The Hall–Kier alpha value is -1.23. The van der Waals surface area contributed by atoms with Crippen LogP contribution in [0, 0.1) is 0 Å². The van der Waals surface area contributed by atoms with Crippen LogP contribution in [0.4, 0.5) is 5.00 Å². The van der Waals surface area contributed by atoms with Gasteiger partial charge in [-0.1, -0.05) is 29.3 Å². The summed E-state index contributed by atoms with van der Waals surface area (Å²) in [6.07, 6.45) is 0. The zero-order chi connectivity index (χ0) is 14.0. The summed E-state index contributed by atoms with van der Waals surface area (Å²) in [4.78, 5) is 12.0. The fourth-order valence-electron chi connectivity index (χ4n) is 1.73. The fourth-order valence-corrected chi connectivity index (χ4v) is 2.85. The van der Waals surface area contributed by atoms with Crippen molar-refractivity contribution < 1.29 is 4.79 Å². The first-order valence-electron chi connectivity index (χ1n) is 5.65. The Morgan fingerprint density at radius 2 is 2.11 bits per heavy atom. The summed E-state index contributed by atoms with van der Waals surface area (Å²) in [6.45, 7) is 2.41. The van der Waals surface area contributed by atoms with Gasteiger partial charge in [-0.05, 0) is 24.6 Å². The van der Waals surface area contributed by atoms with Crippen LogP contribution in [0.15, 0.2) is 23.6 Å². The molecule has 2 rings (SSSR count). The highest BCUT2D eigenvalue weighted by Gasteiger charge is 2.18. The molecule has 3 nitrogen and oxygen atoms in total. The van der Waals surface area contributed by atoms with E-state index < -0.39 is 0 Å². The molecule has 3 N–H and O–H groups in total. The van der Waals surface area contributed by atoms with E-state index in [1.807, 2.05) is 18.4 Å². The maximum atomic E-state index is 12.0. The van der Waals surface area contributed by atoms with Gasteiger partial charge in [0.05, 0.1) is 20.6 Å². The Morgan fingerprint density at radius 1 is 1.37 bits per heavy atom. The second kappa shape index (κ2) is 5.82. The van der Waals surface area contributed by atoms with E-state index in [1.165, 1.54) is 11.3 Å². The third-order valence-corrected chi connectivity index (χ3v) is 4.17. The quantitative estimate of drug-likeness (QED) is 0.897. The van der Waals surface area contributed by atoms with Gasteiger partial charge in [-0.3, -0.25) is 4.79 Å². The summed E-state index contributed by atoms with van der Waals surface area (Å²) in [5.41, 5.74) is 7.96. The molecule has 1 amide bonds. The SMILES string of the molecule is CCNC(=O)c1c(-c2ccc(Cl)c(Cl)c2)csc1N. The van der Waals surface area contributed by atoms with Crippen LogP contribution in [0.1, 0.15) is 17.3 Å². The molecule has 6 heteroatoms. The summed E-state index contributed by atoms with van der Waals surface area (Å²) in [7, 11) is 0. The lowest BCUT2D eigenvalue weighted by molar-refractivity contribution is 0.0957. The Balaban J connectivity index is 2.50. The van der Waals surface area contributed by atoms with Gasteiger partial charge in [-0.15, -0.1) is 11.3 Å². The zero-order valence-electron chi connectivity index (χ0n) is 10.2.